The van der Waals surface area contributed by atoms with Gasteiger partial charge >= 0.3 is 24.2 Å². The Morgan fingerprint density at radius 2 is 2.00 bits per heavy atom. The highest BCUT2D eigenvalue weighted by Gasteiger charge is 2.83. The predicted molar refractivity (Wildman–Crippen MR) is 106 cm³/mol. The summed E-state index contributed by atoms with van der Waals surface area (Å²) in [5.41, 5.74) is 1.05. The van der Waals surface area contributed by atoms with Crippen LogP contribution >= 0.6 is 35.6 Å². The molecular formula is C12H16N3O13P3S. The first-order valence-corrected chi connectivity index (χ1v) is 13.4. The van der Waals surface area contributed by atoms with Gasteiger partial charge in [0.05, 0.1) is 15.8 Å². The number of thiophene rings is 1. The van der Waals surface area contributed by atoms with Gasteiger partial charge in [-0.05, 0) is 6.92 Å². The molecule has 0 spiro atoms. The van der Waals surface area contributed by atoms with Gasteiger partial charge in [0, 0.05) is 5.38 Å². The number of aromatic nitrogens is 2. The summed E-state index contributed by atoms with van der Waals surface area (Å²) in [5.74, 6) is -0.168. The molecule has 1 aliphatic carbocycles. The number of aliphatic hydroxyl groups is 2. The van der Waals surface area contributed by atoms with Crippen LogP contribution in [0.25, 0.3) is 10.9 Å². The first-order valence-electron chi connectivity index (χ1n) is 8.39. The highest BCUT2D eigenvalue weighted by Crippen LogP contribution is 2.68. The Kier molecular flexibility index (Phi) is 5.74. The summed E-state index contributed by atoms with van der Waals surface area (Å²) in [6, 6.07) is 0. The molecule has 0 amide bonds. The molecule has 4 rings (SSSR count). The van der Waals surface area contributed by atoms with Gasteiger partial charge in [0.1, 0.15) is 23.9 Å². The maximum Gasteiger partial charge on any atom is 0.487 e. The van der Waals surface area contributed by atoms with Crippen molar-refractivity contribution in [2.75, 3.05) is 5.73 Å². The van der Waals surface area contributed by atoms with Gasteiger partial charge in [-0.2, -0.15) is 4.31 Å². The molecule has 3 heterocycles. The summed E-state index contributed by atoms with van der Waals surface area (Å²) in [6.07, 6.45) is -3.85. The third-order valence-electron chi connectivity index (χ3n) is 4.97. The van der Waals surface area contributed by atoms with Crippen molar-refractivity contribution < 1.29 is 56.8 Å². The van der Waals surface area contributed by atoms with Crippen molar-refractivity contribution in [3.05, 3.63) is 20.6 Å². The van der Waals surface area contributed by atoms with E-state index in [0.29, 0.717) is 4.88 Å². The number of phosphoric acid groups is 2. The highest BCUT2D eigenvalue weighted by atomic mass is 32.1. The van der Waals surface area contributed by atoms with Crippen LogP contribution in [0.3, 0.4) is 0 Å². The number of anilines is 1. The van der Waals surface area contributed by atoms with Crippen LogP contribution in [0.2, 0.25) is 0 Å². The summed E-state index contributed by atoms with van der Waals surface area (Å²) in [6.45, 7) is 1.21. The Balaban J connectivity index is 1.51. The second kappa shape index (κ2) is 7.57. The highest BCUT2D eigenvalue weighted by molar-refractivity contribution is 7.65. The number of fused-ring (bicyclic) bond motifs is 2. The molecule has 0 aromatic carbocycles. The molecule has 7 atom stereocenters. The lowest BCUT2D eigenvalue weighted by molar-refractivity contribution is -0.129. The van der Waals surface area contributed by atoms with Crippen molar-refractivity contribution in [1.29, 1.82) is 0 Å². The second-order valence-corrected chi connectivity index (χ2v) is 11.9. The molecule has 9 N–H and O–H groups in total. The van der Waals surface area contributed by atoms with Gasteiger partial charge in [0.25, 0.3) is 5.56 Å². The largest absolute Gasteiger partial charge is 0.487 e. The molecule has 2 fully saturated rings. The van der Waals surface area contributed by atoms with E-state index < -0.39 is 59.3 Å². The number of nitrogens with two attached hydrogens (primary N) is 1. The van der Waals surface area contributed by atoms with E-state index in [1.807, 2.05) is 0 Å². The Labute approximate surface area is 182 Å². The number of aromatic amines is 1. The molecule has 2 aromatic heterocycles. The van der Waals surface area contributed by atoms with Gasteiger partial charge < -0.3 is 44.8 Å². The smallest absolute Gasteiger partial charge is 0.384 e. The first kappa shape index (κ1) is 24.3. The number of rotatable bonds is 7. The van der Waals surface area contributed by atoms with Crippen molar-refractivity contribution in [1.82, 2.24) is 9.97 Å². The van der Waals surface area contributed by atoms with E-state index >= 15 is 0 Å². The maximum atomic E-state index is 12.0. The third-order valence-corrected chi connectivity index (χ3v) is 9.46. The van der Waals surface area contributed by atoms with Crippen LogP contribution in [0.15, 0.2) is 10.2 Å². The van der Waals surface area contributed by atoms with Crippen LogP contribution in [0.5, 0.6) is 0 Å². The Hall–Kier alpha value is -0.870. The van der Waals surface area contributed by atoms with Crippen LogP contribution in [0.4, 0.5) is 5.95 Å². The molecule has 20 heteroatoms. The first-order chi connectivity index (χ1) is 14.6. The van der Waals surface area contributed by atoms with Crippen molar-refractivity contribution in [3.63, 3.8) is 0 Å². The molecule has 2 aliphatic rings. The van der Waals surface area contributed by atoms with Crippen molar-refractivity contribution in [2.45, 2.75) is 36.4 Å². The van der Waals surface area contributed by atoms with E-state index in [1.54, 1.807) is 0 Å². The van der Waals surface area contributed by atoms with Gasteiger partial charge in [-0.25, -0.2) is 18.4 Å². The number of hydrogen-bond donors (Lipinski definition) is 8. The monoisotopic (exact) mass is 535 g/mol. The third kappa shape index (κ3) is 3.98. The predicted octanol–water partition coefficient (Wildman–Crippen LogP) is -0.667. The van der Waals surface area contributed by atoms with Gasteiger partial charge in [0.15, 0.2) is 5.60 Å². The van der Waals surface area contributed by atoms with E-state index in [2.05, 4.69) is 18.6 Å². The SMILES string of the molecule is CC1(O)C(c2scc3c(=O)[nH]c(N)nc23)OC2C(OP(O)OP(=O)(O)OP(=O)(O)O)C21O. The normalized spacial score (nSPS) is 34.9. The Morgan fingerprint density at radius 3 is 2.56 bits per heavy atom. The standard InChI is InChI=1S/C12H16N3O13P3S/c1-11(17)6(5-4-3(2-32-5)9(16)15-10(13)14-4)25-7-8(12(7,11)18)26-29(19)27-31(23,24)28-30(20,21)22/h2,6-8,17-19H,1H3,(H,23,24)(H2,20,21,22)(H3,13,14,15,16). The number of hydrogen-bond acceptors (Lipinski definition) is 13. The number of H-pyrrole nitrogens is 1. The van der Waals surface area contributed by atoms with E-state index in [9.17, 15) is 33.9 Å². The van der Waals surface area contributed by atoms with Gasteiger partial charge in [-0.1, -0.05) is 0 Å². The minimum absolute atomic E-state index is 0.160. The van der Waals surface area contributed by atoms with E-state index in [0.717, 1.165) is 11.3 Å². The van der Waals surface area contributed by atoms with E-state index in [4.69, 9.17) is 24.8 Å². The lowest BCUT2D eigenvalue weighted by atomic mass is 9.90. The molecule has 1 aliphatic heterocycles. The minimum atomic E-state index is -5.43. The maximum absolute atomic E-state index is 12.0. The number of nitrogens with one attached hydrogen (secondary N) is 1. The molecule has 7 unspecified atom stereocenters. The van der Waals surface area contributed by atoms with Crippen LogP contribution < -0.4 is 11.3 Å². The average molecular weight is 535 g/mol. The number of nitrogen functional groups attached to an aromatic ring is 1. The summed E-state index contributed by atoms with van der Waals surface area (Å²) in [5, 5.41) is 23.6. The number of nitrogens with zero attached hydrogens (tertiary/aromatic N) is 1. The molecule has 0 bridgehead atoms. The fourth-order valence-corrected chi connectivity index (χ4v) is 7.45. The Bertz CT molecular complexity index is 1230. The molecular weight excluding hydrogens is 519 g/mol. The lowest BCUT2D eigenvalue weighted by Crippen LogP contribution is -2.46. The summed E-state index contributed by atoms with van der Waals surface area (Å²) in [7, 11) is -14.1. The molecule has 178 valence electrons. The quantitative estimate of drug-likeness (QED) is 0.204. The summed E-state index contributed by atoms with van der Waals surface area (Å²) < 4.78 is 40.4. The molecule has 32 heavy (non-hydrogen) atoms. The molecule has 0 radical (unpaired) electrons. The zero-order chi connectivity index (χ0) is 23.9. The molecule has 16 nitrogen and oxygen atoms in total. The van der Waals surface area contributed by atoms with Crippen LogP contribution in [0.1, 0.15) is 17.9 Å². The van der Waals surface area contributed by atoms with E-state index in [1.165, 1.54) is 12.3 Å². The summed E-state index contributed by atoms with van der Waals surface area (Å²) in [4.78, 5) is 54.8. The second-order valence-electron chi connectivity index (χ2n) is 7.11. The van der Waals surface area contributed by atoms with Gasteiger partial charge in [0.2, 0.25) is 5.95 Å². The molecule has 1 saturated heterocycles. The van der Waals surface area contributed by atoms with Crippen molar-refractivity contribution in [2.24, 2.45) is 0 Å². The fraction of sp³-hybridized carbons (Fsp3) is 0.500. The summed E-state index contributed by atoms with van der Waals surface area (Å²) >= 11 is 1.03. The van der Waals surface area contributed by atoms with Gasteiger partial charge in [-0.15, -0.1) is 11.3 Å². The molecule has 1 saturated carbocycles. The van der Waals surface area contributed by atoms with Crippen molar-refractivity contribution >= 4 is 52.4 Å². The van der Waals surface area contributed by atoms with E-state index in [-0.39, 0.29) is 16.9 Å². The number of ether oxygens (including phenoxy) is 1. The minimum Gasteiger partial charge on any atom is -0.384 e. The van der Waals surface area contributed by atoms with Gasteiger partial charge in [-0.3, -0.25) is 9.78 Å². The zero-order valence-corrected chi connectivity index (χ0v) is 19.1. The fourth-order valence-electron chi connectivity index (χ4n) is 3.52. The molecule has 2 aromatic rings. The Morgan fingerprint density at radius 1 is 1.34 bits per heavy atom. The van der Waals surface area contributed by atoms with Crippen LogP contribution in [-0.4, -0.2) is 63.2 Å². The topological polar surface area (TPSA) is 264 Å². The van der Waals surface area contributed by atoms with Crippen LogP contribution in [-0.2, 0) is 27.0 Å². The lowest BCUT2D eigenvalue weighted by Gasteiger charge is -2.32. The average Bonchev–Trinajstić information content (AvgIpc) is 2.89. The zero-order valence-electron chi connectivity index (χ0n) is 15.6. The van der Waals surface area contributed by atoms with Crippen LogP contribution in [0, 0.1) is 0 Å². The van der Waals surface area contributed by atoms with Crippen molar-refractivity contribution in [3.8, 4) is 0 Å².